The van der Waals surface area contributed by atoms with E-state index in [4.69, 9.17) is 4.84 Å². The normalized spacial score (nSPS) is 11.8. The minimum atomic E-state index is -4.68. The van der Waals surface area contributed by atoms with E-state index in [0.29, 0.717) is 5.56 Å². The molecule has 0 spiro atoms. The molecule has 100 valence electrons. The van der Waals surface area contributed by atoms with Gasteiger partial charge >= 0.3 is 6.36 Å². The molecule has 1 aromatic rings. The maximum Gasteiger partial charge on any atom is 0.573 e. The van der Waals surface area contributed by atoms with Gasteiger partial charge in [-0.3, -0.25) is 0 Å². The second-order valence-corrected chi connectivity index (χ2v) is 3.55. The molecule has 0 aliphatic heterocycles. The van der Waals surface area contributed by atoms with Gasteiger partial charge in [-0.1, -0.05) is 30.6 Å². The van der Waals surface area contributed by atoms with Crippen molar-refractivity contribution < 1.29 is 22.7 Å². The molecule has 1 rings (SSSR count). The van der Waals surface area contributed by atoms with E-state index >= 15 is 0 Å². The van der Waals surface area contributed by atoms with Crippen molar-refractivity contribution in [1.82, 2.24) is 0 Å². The van der Waals surface area contributed by atoms with Crippen LogP contribution in [-0.4, -0.2) is 12.6 Å². The monoisotopic (exact) mass is 261 g/mol. The Morgan fingerprint density at radius 1 is 1.33 bits per heavy atom. The third-order valence-electron chi connectivity index (χ3n) is 1.93. The summed E-state index contributed by atoms with van der Waals surface area (Å²) in [5, 5.41) is 3.67. The molecule has 3 nitrogen and oxygen atoms in total. The van der Waals surface area contributed by atoms with Crippen LogP contribution in [0.25, 0.3) is 0 Å². The van der Waals surface area contributed by atoms with Crippen molar-refractivity contribution >= 4 is 6.21 Å². The zero-order chi connectivity index (χ0) is 13.4. The lowest BCUT2D eigenvalue weighted by Crippen LogP contribution is -2.17. The summed E-state index contributed by atoms with van der Waals surface area (Å²) in [5.74, 6) is -0.263. The zero-order valence-corrected chi connectivity index (χ0v) is 9.91. The van der Waals surface area contributed by atoms with Gasteiger partial charge in [0.05, 0.1) is 0 Å². The van der Waals surface area contributed by atoms with E-state index in [0.717, 1.165) is 12.8 Å². The molecule has 0 saturated heterocycles. The molecule has 6 heteroatoms. The predicted molar refractivity (Wildman–Crippen MR) is 61.3 cm³/mol. The van der Waals surface area contributed by atoms with Gasteiger partial charge in [-0.05, 0) is 24.1 Å². The Labute approximate surface area is 103 Å². The van der Waals surface area contributed by atoms with Crippen LogP contribution in [-0.2, 0) is 11.4 Å². The van der Waals surface area contributed by atoms with Gasteiger partial charge in [-0.2, -0.15) is 0 Å². The van der Waals surface area contributed by atoms with Gasteiger partial charge in [0.1, 0.15) is 12.4 Å². The summed E-state index contributed by atoms with van der Waals surface area (Å²) in [7, 11) is 0. The molecule has 0 unspecified atom stereocenters. The predicted octanol–water partition coefficient (Wildman–Crippen LogP) is 3.89. The van der Waals surface area contributed by atoms with Crippen LogP contribution in [0.5, 0.6) is 5.75 Å². The summed E-state index contributed by atoms with van der Waals surface area (Å²) in [4.78, 5) is 4.94. The Balaban J connectivity index is 2.49. The number of hydrogen-bond acceptors (Lipinski definition) is 3. The van der Waals surface area contributed by atoms with Gasteiger partial charge in [-0.25, -0.2) is 0 Å². The number of rotatable bonds is 6. The van der Waals surface area contributed by atoms with Crippen molar-refractivity contribution in [3.05, 3.63) is 29.8 Å². The largest absolute Gasteiger partial charge is 0.573 e. The number of nitrogens with zero attached hydrogens (tertiary/aromatic N) is 1. The van der Waals surface area contributed by atoms with Crippen LogP contribution < -0.4 is 4.74 Å². The Morgan fingerprint density at radius 3 is 2.78 bits per heavy atom. The fourth-order valence-electron chi connectivity index (χ4n) is 1.18. The highest BCUT2D eigenvalue weighted by Crippen LogP contribution is 2.23. The number of benzene rings is 1. The number of ether oxygens (including phenoxy) is 1. The molecule has 0 N–H and O–H groups in total. The zero-order valence-electron chi connectivity index (χ0n) is 9.91. The molecule has 0 aromatic heterocycles. The second kappa shape index (κ2) is 6.88. The molecule has 0 radical (unpaired) electrons. The molecule has 1 aromatic carbocycles. The summed E-state index contributed by atoms with van der Waals surface area (Å²) >= 11 is 0. The molecule has 0 heterocycles. The molecule has 0 bridgehead atoms. The van der Waals surface area contributed by atoms with E-state index in [1.165, 1.54) is 18.2 Å². The van der Waals surface area contributed by atoms with Crippen LogP contribution >= 0.6 is 0 Å². The summed E-state index contributed by atoms with van der Waals surface area (Å²) < 4.78 is 39.8. The van der Waals surface area contributed by atoms with Gasteiger partial charge in [0.25, 0.3) is 0 Å². The fourth-order valence-corrected chi connectivity index (χ4v) is 1.18. The van der Waals surface area contributed by atoms with Gasteiger partial charge in [0.15, 0.2) is 0 Å². The highest BCUT2D eigenvalue weighted by molar-refractivity contribution is 5.55. The van der Waals surface area contributed by atoms with Crippen molar-refractivity contribution in [2.75, 3.05) is 0 Å². The first-order chi connectivity index (χ1) is 8.51. The highest BCUT2D eigenvalue weighted by Gasteiger charge is 2.31. The van der Waals surface area contributed by atoms with Crippen LogP contribution in [0.1, 0.15) is 25.3 Å². The number of alkyl halides is 3. The average molecular weight is 261 g/mol. The van der Waals surface area contributed by atoms with Gasteiger partial charge in [-0.15, -0.1) is 13.2 Å². The van der Waals surface area contributed by atoms with Gasteiger partial charge in [0.2, 0.25) is 0 Å². The second-order valence-electron chi connectivity index (χ2n) is 3.55. The van der Waals surface area contributed by atoms with Crippen LogP contribution in [0, 0.1) is 0 Å². The molecular formula is C12H14F3NO2. The van der Waals surface area contributed by atoms with E-state index in [2.05, 4.69) is 9.89 Å². The molecule has 0 fully saturated rings. The minimum Gasteiger partial charge on any atom is -0.406 e. The first-order valence-electron chi connectivity index (χ1n) is 5.49. The van der Waals surface area contributed by atoms with E-state index < -0.39 is 6.36 Å². The van der Waals surface area contributed by atoms with Crippen molar-refractivity contribution in [1.29, 1.82) is 0 Å². The van der Waals surface area contributed by atoms with E-state index in [1.807, 2.05) is 6.92 Å². The Bertz CT molecular complexity index is 391. The van der Waals surface area contributed by atoms with Gasteiger partial charge < -0.3 is 9.57 Å². The number of unbranched alkanes of at least 4 members (excludes halogenated alkanes) is 1. The summed E-state index contributed by atoms with van der Waals surface area (Å²) in [6.45, 7) is 2.11. The Hall–Kier alpha value is -1.72. The first-order valence-corrected chi connectivity index (χ1v) is 5.49. The number of hydrogen-bond donors (Lipinski definition) is 0. The topological polar surface area (TPSA) is 30.8 Å². The van der Waals surface area contributed by atoms with Crippen LogP contribution in [0.15, 0.2) is 29.4 Å². The highest BCUT2D eigenvalue weighted by atomic mass is 19.4. The summed E-state index contributed by atoms with van der Waals surface area (Å²) in [6.07, 6.45) is -1.30. The molecule has 0 saturated carbocycles. The summed E-state index contributed by atoms with van der Waals surface area (Å²) in [6, 6.07) is 5.61. The van der Waals surface area contributed by atoms with E-state index in [9.17, 15) is 13.2 Å². The molecule has 0 aliphatic rings. The lowest BCUT2D eigenvalue weighted by Gasteiger charge is -2.09. The van der Waals surface area contributed by atoms with Crippen molar-refractivity contribution in [2.45, 2.75) is 32.7 Å². The quantitative estimate of drug-likeness (QED) is 0.574. The smallest absolute Gasteiger partial charge is 0.406 e. The fraction of sp³-hybridized carbons (Fsp3) is 0.417. The third-order valence-corrected chi connectivity index (χ3v) is 1.93. The summed E-state index contributed by atoms with van der Waals surface area (Å²) in [5.41, 5.74) is 0.561. The average Bonchev–Trinajstić information content (AvgIpc) is 2.27. The van der Waals surface area contributed by atoms with Crippen molar-refractivity contribution in [3.8, 4) is 5.75 Å². The molecule has 0 amide bonds. The first kappa shape index (κ1) is 14.3. The number of oxime groups is 1. The third kappa shape index (κ3) is 6.12. The van der Waals surface area contributed by atoms with Crippen LogP contribution in [0.4, 0.5) is 13.2 Å². The SMILES string of the molecule is CCCC=NOCc1cccc(OC(F)(F)F)c1. The maximum atomic E-state index is 12.0. The minimum absolute atomic E-state index is 0.106. The Morgan fingerprint density at radius 2 is 2.11 bits per heavy atom. The number of halogens is 3. The Kier molecular flexibility index (Phi) is 5.48. The van der Waals surface area contributed by atoms with Crippen LogP contribution in [0.3, 0.4) is 0 Å². The van der Waals surface area contributed by atoms with Crippen molar-refractivity contribution in [2.24, 2.45) is 5.16 Å². The van der Waals surface area contributed by atoms with E-state index in [1.54, 1.807) is 12.3 Å². The molecule has 0 atom stereocenters. The molecular weight excluding hydrogens is 247 g/mol. The van der Waals surface area contributed by atoms with Crippen molar-refractivity contribution in [3.63, 3.8) is 0 Å². The lowest BCUT2D eigenvalue weighted by atomic mass is 10.2. The lowest BCUT2D eigenvalue weighted by molar-refractivity contribution is -0.274. The van der Waals surface area contributed by atoms with Crippen LogP contribution in [0.2, 0.25) is 0 Å². The molecule has 0 aliphatic carbocycles. The van der Waals surface area contributed by atoms with Gasteiger partial charge in [0, 0.05) is 6.21 Å². The molecule has 18 heavy (non-hydrogen) atoms. The standard InChI is InChI=1S/C12H14F3NO2/c1-2-3-7-16-17-9-10-5-4-6-11(8-10)18-12(13,14)15/h4-8H,2-3,9H2,1H3. The van der Waals surface area contributed by atoms with E-state index in [-0.39, 0.29) is 12.4 Å². The maximum absolute atomic E-state index is 12.0.